The normalized spacial score (nSPS) is 15.2. The molecule has 0 saturated heterocycles. The first-order valence-corrected chi connectivity index (χ1v) is 18.3. The number of carbonyl (C=O) groups excluding carboxylic acids is 1. The molecule has 0 aliphatic heterocycles. The maximum absolute atomic E-state index is 12.6. The Morgan fingerprint density at radius 1 is 0.744 bits per heavy atom. The lowest BCUT2D eigenvalue weighted by atomic mass is 10.1. The van der Waals surface area contributed by atoms with Gasteiger partial charge in [-0.3, -0.25) is 13.8 Å². The highest BCUT2D eigenvalue weighted by Crippen LogP contribution is 2.43. The summed E-state index contributed by atoms with van der Waals surface area (Å²) >= 11 is 0. The van der Waals surface area contributed by atoms with Gasteiger partial charge in [0.1, 0.15) is 0 Å². The van der Waals surface area contributed by atoms with Crippen molar-refractivity contribution < 1.29 is 28.4 Å². The van der Waals surface area contributed by atoms with Gasteiger partial charge in [0.25, 0.3) is 0 Å². The number of aliphatic hydroxyl groups is 1. The third-order valence-electron chi connectivity index (χ3n) is 6.84. The highest BCUT2D eigenvalue weighted by atomic mass is 31.2. The van der Waals surface area contributed by atoms with Gasteiger partial charge in [0.05, 0.1) is 25.4 Å². The third-order valence-corrected chi connectivity index (χ3v) is 7.82. The number of hydrogen-bond donors (Lipinski definition) is 4. The molecule has 0 heterocycles. The van der Waals surface area contributed by atoms with Crippen molar-refractivity contribution >= 4 is 13.7 Å². The number of phosphoric acid groups is 1. The van der Waals surface area contributed by atoms with E-state index < -0.39 is 20.0 Å². The number of hydrogen-bond acceptors (Lipinski definition) is 6. The molecule has 3 unspecified atom stereocenters. The first kappa shape index (κ1) is 41.5. The Balaban J connectivity index is 4.49. The molecule has 0 aromatic carbocycles. The number of rotatable bonds is 30. The minimum Gasteiger partial charge on any atom is -0.387 e. The Kier molecular flexibility index (Phi) is 29.4. The molecule has 0 fully saturated rings. The maximum atomic E-state index is 12.6. The minimum atomic E-state index is -4.34. The fourth-order valence-electron chi connectivity index (χ4n) is 4.28. The standard InChI is InChI=1S/C34H63N2O6P/c1-3-5-7-9-11-13-15-16-18-20-22-24-26-28-34(38)36-32(31-42-43(39,40)41-30-29-35)33(37)27-25-23-21-19-17-14-12-10-8-6-4-2/h8,10,13,15,17,19,25,27,32-33,37H,3-7,9,11-12,14,16,18,20-24,26,28-31,35H2,1-2H3,(H,36,38)(H,39,40)/b10-8+,15-13-,19-17+,27-25+. The Morgan fingerprint density at radius 3 is 1.88 bits per heavy atom. The number of amides is 1. The van der Waals surface area contributed by atoms with Gasteiger partial charge in [-0.2, -0.15) is 0 Å². The van der Waals surface area contributed by atoms with E-state index in [1.165, 1.54) is 38.5 Å². The summed E-state index contributed by atoms with van der Waals surface area (Å²) in [4.78, 5) is 22.5. The van der Waals surface area contributed by atoms with Crippen molar-refractivity contribution in [3.05, 3.63) is 48.6 Å². The van der Waals surface area contributed by atoms with Gasteiger partial charge in [0.2, 0.25) is 5.91 Å². The number of unbranched alkanes of at least 4 members (excludes halogenated alkanes) is 12. The third kappa shape index (κ3) is 29.0. The van der Waals surface area contributed by atoms with Gasteiger partial charge in [-0.15, -0.1) is 0 Å². The molecule has 9 heteroatoms. The van der Waals surface area contributed by atoms with E-state index in [0.717, 1.165) is 70.6 Å². The number of nitrogens with two attached hydrogens (primary N) is 1. The number of phosphoric ester groups is 1. The summed E-state index contributed by atoms with van der Waals surface area (Å²) in [6.07, 6.45) is 34.4. The van der Waals surface area contributed by atoms with Crippen molar-refractivity contribution in [1.29, 1.82) is 0 Å². The van der Waals surface area contributed by atoms with Crippen molar-refractivity contribution in [2.45, 2.75) is 142 Å². The molecule has 43 heavy (non-hydrogen) atoms. The molecule has 0 saturated carbocycles. The lowest BCUT2D eigenvalue weighted by Gasteiger charge is -2.23. The molecule has 0 radical (unpaired) electrons. The average molecular weight is 627 g/mol. The summed E-state index contributed by atoms with van der Waals surface area (Å²) in [5, 5.41) is 13.5. The van der Waals surface area contributed by atoms with Crippen LogP contribution in [0.15, 0.2) is 48.6 Å². The van der Waals surface area contributed by atoms with E-state index in [1.807, 2.05) is 6.08 Å². The van der Waals surface area contributed by atoms with Crippen LogP contribution in [0.4, 0.5) is 0 Å². The smallest absolute Gasteiger partial charge is 0.387 e. The fourth-order valence-corrected chi connectivity index (χ4v) is 5.04. The van der Waals surface area contributed by atoms with Crippen LogP contribution in [0.1, 0.15) is 129 Å². The topological polar surface area (TPSA) is 131 Å². The molecule has 0 aliphatic carbocycles. The highest BCUT2D eigenvalue weighted by molar-refractivity contribution is 7.47. The average Bonchev–Trinajstić information content (AvgIpc) is 2.99. The van der Waals surface area contributed by atoms with E-state index in [0.29, 0.717) is 6.42 Å². The molecule has 1 amide bonds. The van der Waals surface area contributed by atoms with Crippen molar-refractivity contribution in [2.24, 2.45) is 5.73 Å². The first-order chi connectivity index (χ1) is 20.9. The van der Waals surface area contributed by atoms with Gasteiger partial charge in [-0.25, -0.2) is 4.57 Å². The predicted molar refractivity (Wildman–Crippen MR) is 180 cm³/mol. The molecule has 250 valence electrons. The van der Waals surface area contributed by atoms with E-state index in [-0.39, 0.29) is 25.7 Å². The lowest BCUT2D eigenvalue weighted by Crippen LogP contribution is -2.45. The lowest BCUT2D eigenvalue weighted by molar-refractivity contribution is -0.123. The minimum absolute atomic E-state index is 0.0687. The Bertz CT molecular complexity index is 815. The second-order valence-electron chi connectivity index (χ2n) is 11.0. The van der Waals surface area contributed by atoms with Crippen LogP contribution in [-0.2, 0) is 18.4 Å². The fraction of sp³-hybridized carbons (Fsp3) is 0.735. The largest absolute Gasteiger partial charge is 0.472 e. The zero-order valence-corrected chi connectivity index (χ0v) is 28.1. The van der Waals surface area contributed by atoms with Crippen molar-refractivity contribution in [2.75, 3.05) is 19.8 Å². The van der Waals surface area contributed by atoms with Gasteiger partial charge in [0.15, 0.2) is 0 Å². The van der Waals surface area contributed by atoms with E-state index in [4.69, 9.17) is 14.8 Å². The van der Waals surface area contributed by atoms with Crippen molar-refractivity contribution in [3.63, 3.8) is 0 Å². The summed E-state index contributed by atoms with van der Waals surface area (Å²) in [6.45, 7) is 3.96. The van der Waals surface area contributed by atoms with Crippen LogP contribution in [0.2, 0.25) is 0 Å². The second-order valence-corrected chi connectivity index (χ2v) is 12.4. The van der Waals surface area contributed by atoms with Crippen LogP contribution in [0, 0.1) is 0 Å². The summed E-state index contributed by atoms with van der Waals surface area (Å²) in [7, 11) is -4.34. The second kappa shape index (κ2) is 30.5. The van der Waals surface area contributed by atoms with E-state index in [1.54, 1.807) is 6.08 Å². The van der Waals surface area contributed by atoms with Crippen LogP contribution in [0.25, 0.3) is 0 Å². The summed E-state index contributed by atoms with van der Waals surface area (Å²) in [6, 6.07) is -0.884. The predicted octanol–water partition coefficient (Wildman–Crippen LogP) is 8.21. The molecule has 0 aromatic heterocycles. The van der Waals surface area contributed by atoms with Crippen LogP contribution in [0.5, 0.6) is 0 Å². The number of nitrogens with one attached hydrogen (secondary N) is 1. The maximum Gasteiger partial charge on any atom is 0.472 e. The molecular formula is C34H63N2O6P. The van der Waals surface area contributed by atoms with Crippen molar-refractivity contribution in [1.82, 2.24) is 5.32 Å². The monoisotopic (exact) mass is 626 g/mol. The SMILES string of the molecule is CCC/C=C/CC/C=C/CC/C=C/C(O)C(COP(=O)(O)OCCN)NC(=O)CCCCCCC/C=C\CCCCCC. The molecule has 5 N–H and O–H groups in total. The molecule has 0 rings (SSSR count). The van der Waals surface area contributed by atoms with Crippen LogP contribution in [0.3, 0.4) is 0 Å². The molecule has 8 nitrogen and oxygen atoms in total. The zero-order chi connectivity index (χ0) is 31.9. The van der Waals surface area contributed by atoms with E-state index >= 15 is 0 Å². The molecular weight excluding hydrogens is 563 g/mol. The van der Waals surface area contributed by atoms with Gasteiger partial charge < -0.3 is 21.1 Å². The molecule has 3 atom stereocenters. The number of allylic oxidation sites excluding steroid dienone is 7. The Hall–Kier alpha value is -1.54. The van der Waals surface area contributed by atoms with Crippen molar-refractivity contribution in [3.8, 4) is 0 Å². The van der Waals surface area contributed by atoms with Gasteiger partial charge >= 0.3 is 7.82 Å². The summed E-state index contributed by atoms with van der Waals surface area (Å²) in [5.74, 6) is -0.223. The highest BCUT2D eigenvalue weighted by Gasteiger charge is 2.26. The van der Waals surface area contributed by atoms with Crippen LogP contribution >= 0.6 is 7.82 Å². The Labute approximate surface area is 262 Å². The van der Waals surface area contributed by atoms with Gasteiger partial charge in [0, 0.05) is 13.0 Å². The zero-order valence-electron chi connectivity index (χ0n) is 27.2. The van der Waals surface area contributed by atoms with Gasteiger partial charge in [-0.05, 0) is 64.2 Å². The molecule has 0 aliphatic rings. The molecule has 0 bridgehead atoms. The summed E-state index contributed by atoms with van der Waals surface area (Å²) < 4.78 is 21.9. The van der Waals surface area contributed by atoms with Crippen LogP contribution in [-0.4, -0.2) is 47.8 Å². The summed E-state index contributed by atoms with van der Waals surface area (Å²) in [5.41, 5.74) is 5.33. The Morgan fingerprint density at radius 2 is 1.28 bits per heavy atom. The number of aliphatic hydroxyl groups excluding tert-OH is 1. The quantitative estimate of drug-likeness (QED) is 0.0359. The van der Waals surface area contributed by atoms with Crippen LogP contribution < -0.4 is 11.1 Å². The number of carbonyl (C=O) groups is 1. The van der Waals surface area contributed by atoms with Gasteiger partial charge in [-0.1, -0.05) is 107 Å². The van der Waals surface area contributed by atoms with E-state index in [2.05, 4.69) is 55.6 Å². The molecule has 0 aromatic rings. The first-order valence-electron chi connectivity index (χ1n) is 16.8. The van der Waals surface area contributed by atoms with E-state index in [9.17, 15) is 19.4 Å². The molecule has 0 spiro atoms.